The van der Waals surface area contributed by atoms with Crippen LogP contribution in [0.25, 0.3) is 0 Å². The van der Waals surface area contributed by atoms with Gasteiger partial charge in [-0.3, -0.25) is 0 Å². The zero-order valence-corrected chi connectivity index (χ0v) is 20.0. The standard InChI is InChI=1S/C25H24F7N3O3/c1-3-4-20(15-10-16(24(27,28)29)12-17(11-15)25(30,31)32)33-22(36)35-8-7-34(23(37)38)13-21(35)19-6-5-18(26)9-14(19)2/h3,5-6,9-12,20-21H,1,4,7-8,13H2,2H3,(H,33,36)(H,37,38)/t20?,21-/m1/s1. The van der Waals surface area contributed by atoms with Crippen molar-refractivity contribution in [2.24, 2.45) is 0 Å². The first-order chi connectivity index (χ1) is 17.6. The van der Waals surface area contributed by atoms with Crippen LogP contribution in [0, 0.1) is 12.7 Å². The maximum Gasteiger partial charge on any atom is 0.416 e. The van der Waals surface area contributed by atoms with Crippen molar-refractivity contribution in [1.29, 1.82) is 0 Å². The maximum absolute atomic E-state index is 13.7. The second-order valence-electron chi connectivity index (χ2n) is 8.80. The molecule has 1 heterocycles. The molecule has 0 radical (unpaired) electrons. The lowest BCUT2D eigenvalue weighted by Gasteiger charge is -2.41. The first-order valence-corrected chi connectivity index (χ1v) is 11.3. The molecule has 0 aromatic heterocycles. The van der Waals surface area contributed by atoms with Crippen molar-refractivity contribution in [3.63, 3.8) is 0 Å². The van der Waals surface area contributed by atoms with Crippen LogP contribution in [0.4, 0.5) is 40.3 Å². The monoisotopic (exact) mass is 547 g/mol. The number of nitrogens with zero attached hydrogens (tertiary/aromatic N) is 2. The second kappa shape index (κ2) is 10.9. The molecular formula is C25H24F7N3O3. The average Bonchev–Trinajstić information content (AvgIpc) is 2.82. The van der Waals surface area contributed by atoms with E-state index in [2.05, 4.69) is 11.9 Å². The minimum absolute atomic E-state index is 0.00520. The van der Waals surface area contributed by atoms with Gasteiger partial charge in [0.2, 0.25) is 0 Å². The Kier molecular flexibility index (Phi) is 8.27. The second-order valence-corrected chi connectivity index (χ2v) is 8.80. The molecule has 0 bridgehead atoms. The topological polar surface area (TPSA) is 72.9 Å². The number of hydrogen-bond acceptors (Lipinski definition) is 2. The number of carbonyl (C=O) groups is 2. The lowest BCUT2D eigenvalue weighted by Crippen LogP contribution is -2.55. The van der Waals surface area contributed by atoms with E-state index in [9.17, 15) is 45.4 Å². The van der Waals surface area contributed by atoms with Gasteiger partial charge in [-0.1, -0.05) is 12.1 Å². The Morgan fingerprint density at radius 2 is 1.68 bits per heavy atom. The summed E-state index contributed by atoms with van der Waals surface area (Å²) >= 11 is 0. The summed E-state index contributed by atoms with van der Waals surface area (Å²) in [6.45, 7) is 4.65. The van der Waals surface area contributed by atoms with E-state index in [1.54, 1.807) is 6.92 Å². The number of halogens is 7. The molecule has 3 amide bonds. The summed E-state index contributed by atoms with van der Waals surface area (Å²) < 4.78 is 94.0. The van der Waals surface area contributed by atoms with Crippen LogP contribution in [-0.4, -0.2) is 46.7 Å². The van der Waals surface area contributed by atoms with Crippen molar-refractivity contribution >= 4 is 12.1 Å². The van der Waals surface area contributed by atoms with E-state index in [0.29, 0.717) is 23.3 Å². The fraction of sp³-hybridized carbons (Fsp3) is 0.360. The largest absolute Gasteiger partial charge is 0.465 e. The molecule has 13 heteroatoms. The first kappa shape index (κ1) is 28.8. The van der Waals surface area contributed by atoms with Gasteiger partial charge in [-0.2, -0.15) is 26.3 Å². The molecule has 3 rings (SSSR count). The van der Waals surface area contributed by atoms with Gasteiger partial charge in [0.05, 0.1) is 23.2 Å². The zero-order valence-electron chi connectivity index (χ0n) is 20.0. The normalized spacial score (nSPS) is 17.2. The Balaban J connectivity index is 1.99. The van der Waals surface area contributed by atoms with Crippen molar-refractivity contribution in [1.82, 2.24) is 15.1 Å². The molecule has 38 heavy (non-hydrogen) atoms. The third-order valence-electron chi connectivity index (χ3n) is 6.22. The van der Waals surface area contributed by atoms with Gasteiger partial charge in [0.25, 0.3) is 0 Å². The van der Waals surface area contributed by atoms with Crippen molar-refractivity contribution < 1.29 is 45.4 Å². The van der Waals surface area contributed by atoms with E-state index in [1.165, 1.54) is 23.1 Å². The lowest BCUT2D eigenvalue weighted by molar-refractivity contribution is -0.143. The highest BCUT2D eigenvalue weighted by Crippen LogP contribution is 2.38. The van der Waals surface area contributed by atoms with Crippen LogP contribution >= 0.6 is 0 Å². The van der Waals surface area contributed by atoms with Crippen LogP contribution in [0.2, 0.25) is 0 Å². The van der Waals surface area contributed by atoms with Crippen molar-refractivity contribution in [2.75, 3.05) is 19.6 Å². The zero-order chi connectivity index (χ0) is 28.4. The van der Waals surface area contributed by atoms with Gasteiger partial charge in [0.1, 0.15) is 5.82 Å². The minimum Gasteiger partial charge on any atom is -0.465 e. The molecule has 206 valence electrons. The highest BCUT2D eigenvalue weighted by molar-refractivity contribution is 5.76. The number of rotatable bonds is 5. The SMILES string of the molecule is C=CCC(NC(=O)N1CCN(C(=O)O)C[C@@H]1c1ccc(F)cc1C)c1cc(C(F)(F)F)cc(C(F)(F)F)c1. The van der Waals surface area contributed by atoms with Crippen LogP contribution in [0.1, 0.15) is 46.3 Å². The van der Waals surface area contributed by atoms with Crippen LogP contribution < -0.4 is 5.32 Å². The fourth-order valence-electron chi connectivity index (χ4n) is 4.34. The molecule has 0 aliphatic carbocycles. The van der Waals surface area contributed by atoms with Gasteiger partial charge >= 0.3 is 24.5 Å². The molecule has 2 atom stereocenters. The Morgan fingerprint density at radius 1 is 1.08 bits per heavy atom. The fourth-order valence-corrected chi connectivity index (χ4v) is 4.34. The Bertz CT molecular complexity index is 1180. The van der Waals surface area contributed by atoms with E-state index in [-0.39, 0.29) is 32.1 Å². The molecule has 1 fully saturated rings. The summed E-state index contributed by atoms with van der Waals surface area (Å²) in [7, 11) is 0. The van der Waals surface area contributed by atoms with Gasteiger partial charge < -0.3 is 20.2 Å². The number of urea groups is 1. The third kappa shape index (κ3) is 6.56. The Labute approximate surface area is 213 Å². The number of alkyl halides is 6. The van der Waals surface area contributed by atoms with Crippen LogP contribution in [0.3, 0.4) is 0 Å². The summed E-state index contributed by atoms with van der Waals surface area (Å²) in [6.07, 6.45) is -10.3. The van der Waals surface area contributed by atoms with Crippen LogP contribution in [0.15, 0.2) is 49.1 Å². The molecular weight excluding hydrogens is 523 g/mol. The number of carbonyl (C=O) groups excluding carboxylic acids is 1. The van der Waals surface area contributed by atoms with Gasteiger partial charge in [0.15, 0.2) is 0 Å². The molecule has 2 N–H and O–H groups in total. The summed E-state index contributed by atoms with van der Waals surface area (Å²) in [5.41, 5.74) is -2.62. The van der Waals surface area contributed by atoms with Crippen molar-refractivity contribution in [2.45, 2.75) is 37.8 Å². The molecule has 1 aliphatic rings. The molecule has 1 saturated heterocycles. The number of benzene rings is 2. The molecule has 2 aromatic rings. The number of hydrogen-bond donors (Lipinski definition) is 2. The van der Waals surface area contributed by atoms with E-state index in [4.69, 9.17) is 0 Å². The van der Waals surface area contributed by atoms with Crippen LogP contribution in [-0.2, 0) is 12.4 Å². The number of piperazine rings is 1. The number of nitrogens with one attached hydrogen (secondary N) is 1. The van der Waals surface area contributed by atoms with E-state index in [0.717, 1.165) is 11.0 Å². The van der Waals surface area contributed by atoms with Gasteiger partial charge in [-0.25, -0.2) is 14.0 Å². The summed E-state index contributed by atoms with van der Waals surface area (Å²) in [4.78, 5) is 27.2. The van der Waals surface area contributed by atoms with E-state index in [1.807, 2.05) is 0 Å². The molecule has 0 saturated carbocycles. The highest BCUT2D eigenvalue weighted by atomic mass is 19.4. The van der Waals surface area contributed by atoms with Gasteiger partial charge in [-0.05, 0) is 60.4 Å². The average molecular weight is 547 g/mol. The Morgan fingerprint density at radius 3 is 2.18 bits per heavy atom. The van der Waals surface area contributed by atoms with Gasteiger partial charge in [-0.15, -0.1) is 6.58 Å². The maximum atomic E-state index is 13.7. The lowest BCUT2D eigenvalue weighted by atomic mass is 9.96. The quantitative estimate of drug-likeness (QED) is 0.330. The van der Waals surface area contributed by atoms with Crippen molar-refractivity contribution in [3.05, 3.63) is 82.7 Å². The first-order valence-electron chi connectivity index (χ1n) is 11.3. The number of aryl methyl sites for hydroxylation is 1. The summed E-state index contributed by atoms with van der Waals surface area (Å²) in [5.74, 6) is -0.552. The smallest absolute Gasteiger partial charge is 0.416 e. The third-order valence-corrected chi connectivity index (χ3v) is 6.22. The molecule has 1 aliphatic heterocycles. The molecule has 2 aromatic carbocycles. The predicted molar refractivity (Wildman–Crippen MR) is 123 cm³/mol. The molecule has 0 spiro atoms. The molecule has 1 unspecified atom stereocenters. The predicted octanol–water partition coefficient (Wildman–Crippen LogP) is 6.54. The summed E-state index contributed by atoms with van der Waals surface area (Å²) in [6, 6.07) is 1.75. The Hall–Kier alpha value is -3.77. The van der Waals surface area contributed by atoms with Crippen molar-refractivity contribution in [3.8, 4) is 0 Å². The van der Waals surface area contributed by atoms with Crippen LogP contribution in [0.5, 0.6) is 0 Å². The molecule has 6 nitrogen and oxygen atoms in total. The van der Waals surface area contributed by atoms with Gasteiger partial charge in [0, 0.05) is 19.6 Å². The van der Waals surface area contributed by atoms with E-state index >= 15 is 0 Å². The minimum atomic E-state index is -5.07. The van der Waals surface area contributed by atoms with E-state index < -0.39 is 59.1 Å². The summed E-state index contributed by atoms with van der Waals surface area (Å²) in [5, 5.41) is 11.9. The number of amides is 3. The number of carboxylic acid groups (broad SMARTS) is 1. The highest BCUT2D eigenvalue weighted by Gasteiger charge is 2.39.